The van der Waals surface area contributed by atoms with E-state index in [4.69, 9.17) is 21.9 Å². The van der Waals surface area contributed by atoms with Crippen LogP contribution in [-0.4, -0.2) is 95.6 Å². The fourth-order valence-electron chi connectivity index (χ4n) is 5.34. The molecule has 3 rings (SSSR count). The quantitative estimate of drug-likeness (QED) is 0.0529. The molecule has 0 aromatic heterocycles. The van der Waals surface area contributed by atoms with Gasteiger partial charge >= 0.3 is 5.97 Å². The number of rotatable bonds is 17. The Kier molecular flexibility index (Phi) is 14.9. The van der Waals surface area contributed by atoms with E-state index in [1.54, 1.807) is 24.3 Å². The third-order valence-corrected chi connectivity index (χ3v) is 8.31. The predicted molar refractivity (Wildman–Crippen MR) is 185 cm³/mol. The standard InChI is InChI=1S/C33H44N8O7S/c1-20(42)48-23-12-10-22(11-13-23)17-25(40-33(35)36)31(46)39-24(14-16-49-2)30(45)37-19-28(43)38-26(18-21-7-4-3-5-8-21)32(47)41-15-6-9-27(41)29(34)44/h3-5,7-8,10-13,24-27H,6,9,14-19H2,1-2H3,(H2,34,44)(H,37,45)(H,38,43)(H,39,46)(H4,35,36,40)/t24-,25+,26+,27+/m1/s1. The molecule has 4 atom stereocenters. The number of nitrogens with zero attached hydrogens (tertiary/aromatic N) is 2. The Bertz CT molecular complexity index is 1500. The molecule has 1 fully saturated rings. The highest BCUT2D eigenvalue weighted by Crippen LogP contribution is 2.19. The first-order chi connectivity index (χ1) is 23.4. The second kappa shape index (κ2) is 19.0. The molecule has 1 aliphatic heterocycles. The van der Waals surface area contributed by atoms with Gasteiger partial charge in [0.2, 0.25) is 29.5 Å². The van der Waals surface area contributed by atoms with Gasteiger partial charge in [-0.1, -0.05) is 42.5 Å². The molecule has 2 aromatic carbocycles. The van der Waals surface area contributed by atoms with Crippen molar-refractivity contribution in [2.75, 3.05) is 25.1 Å². The van der Waals surface area contributed by atoms with E-state index < -0.39 is 66.2 Å². The maximum absolute atomic E-state index is 13.5. The van der Waals surface area contributed by atoms with Gasteiger partial charge in [0.05, 0.1) is 6.54 Å². The van der Waals surface area contributed by atoms with Crippen molar-refractivity contribution in [1.29, 1.82) is 0 Å². The fraction of sp³-hybridized carbons (Fsp3) is 0.424. The van der Waals surface area contributed by atoms with E-state index in [9.17, 15) is 28.8 Å². The Morgan fingerprint density at radius 1 is 0.918 bits per heavy atom. The normalized spacial score (nSPS) is 15.6. The number of benzene rings is 2. The van der Waals surface area contributed by atoms with Gasteiger partial charge in [-0.2, -0.15) is 11.8 Å². The van der Waals surface area contributed by atoms with Crippen molar-refractivity contribution < 1.29 is 33.5 Å². The summed E-state index contributed by atoms with van der Waals surface area (Å²) < 4.78 is 5.04. The van der Waals surface area contributed by atoms with Gasteiger partial charge in [-0.15, -0.1) is 0 Å². The molecule has 1 heterocycles. The number of carbonyl (C=O) groups is 6. The molecule has 2 aromatic rings. The summed E-state index contributed by atoms with van der Waals surface area (Å²) in [5.74, 6) is -2.88. The van der Waals surface area contributed by atoms with Crippen molar-refractivity contribution in [3.63, 3.8) is 0 Å². The summed E-state index contributed by atoms with van der Waals surface area (Å²) >= 11 is 1.46. The van der Waals surface area contributed by atoms with Crippen LogP contribution in [0.5, 0.6) is 5.75 Å². The van der Waals surface area contributed by atoms with Gasteiger partial charge in [-0.05, 0) is 54.5 Å². The number of ether oxygens (including phenoxy) is 1. The molecule has 1 aliphatic rings. The Labute approximate surface area is 289 Å². The lowest BCUT2D eigenvalue weighted by molar-refractivity contribution is -0.140. The molecule has 1 saturated heterocycles. The molecule has 0 radical (unpaired) electrons. The van der Waals surface area contributed by atoms with Crippen LogP contribution in [0.2, 0.25) is 0 Å². The number of likely N-dealkylation sites (tertiary alicyclic amines) is 1. The van der Waals surface area contributed by atoms with Crippen LogP contribution in [0, 0.1) is 0 Å². The highest BCUT2D eigenvalue weighted by Gasteiger charge is 2.37. The molecule has 9 N–H and O–H groups in total. The summed E-state index contributed by atoms with van der Waals surface area (Å²) in [5, 5.41) is 7.95. The SMILES string of the molecule is CSCC[C@@H](NC(=O)[C@H](Cc1ccc(OC(C)=O)cc1)N=C(N)N)C(=O)NCC(=O)N[C@@H](Cc1ccccc1)C(=O)N1CCC[C@H]1C(N)=O. The number of nitrogens with two attached hydrogens (primary N) is 3. The number of aliphatic imine (C=N–C) groups is 1. The minimum atomic E-state index is -1.09. The molecule has 0 aliphatic carbocycles. The first-order valence-corrected chi connectivity index (χ1v) is 17.1. The van der Waals surface area contributed by atoms with Crippen LogP contribution in [0.15, 0.2) is 59.6 Å². The lowest BCUT2D eigenvalue weighted by Gasteiger charge is -2.28. The Hall–Kier alpha value is -5.12. The molecule has 15 nitrogen and oxygen atoms in total. The van der Waals surface area contributed by atoms with Crippen molar-refractivity contribution in [1.82, 2.24) is 20.9 Å². The highest BCUT2D eigenvalue weighted by atomic mass is 32.2. The molecule has 16 heteroatoms. The van der Waals surface area contributed by atoms with Crippen LogP contribution in [0.25, 0.3) is 0 Å². The second-order valence-corrected chi connectivity index (χ2v) is 12.5. The topological polar surface area (TPSA) is 241 Å². The van der Waals surface area contributed by atoms with E-state index in [-0.39, 0.29) is 25.2 Å². The molecule has 264 valence electrons. The summed E-state index contributed by atoms with van der Waals surface area (Å²) in [7, 11) is 0. The molecule has 0 unspecified atom stereocenters. The zero-order valence-electron chi connectivity index (χ0n) is 27.6. The fourth-order valence-corrected chi connectivity index (χ4v) is 5.82. The van der Waals surface area contributed by atoms with E-state index in [1.807, 2.05) is 36.6 Å². The maximum Gasteiger partial charge on any atom is 0.308 e. The average molecular weight is 697 g/mol. The van der Waals surface area contributed by atoms with Gasteiger partial charge in [-0.25, -0.2) is 4.99 Å². The molecule has 0 spiro atoms. The molecule has 0 saturated carbocycles. The van der Waals surface area contributed by atoms with Gasteiger partial charge in [0.25, 0.3) is 0 Å². The Morgan fingerprint density at radius 2 is 1.59 bits per heavy atom. The summed E-state index contributed by atoms with van der Waals surface area (Å²) in [5.41, 5.74) is 18.2. The van der Waals surface area contributed by atoms with Gasteiger partial charge in [0.15, 0.2) is 5.96 Å². The van der Waals surface area contributed by atoms with E-state index in [0.29, 0.717) is 36.5 Å². The Morgan fingerprint density at radius 3 is 2.20 bits per heavy atom. The summed E-state index contributed by atoms with van der Waals surface area (Å²) in [6.07, 6.45) is 3.37. The number of primary amides is 1. The minimum absolute atomic E-state index is 0.0772. The lowest BCUT2D eigenvalue weighted by atomic mass is 10.0. The van der Waals surface area contributed by atoms with Crippen molar-refractivity contribution in [3.05, 3.63) is 65.7 Å². The first kappa shape index (κ1) is 38.3. The third-order valence-electron chi connectivity index (χ3n) is 7.67. The smallest absolute Gasteiger partial charge is 0.308 e. The first-order valence-electron chi connectivity index (χ1n) is 15.7. The van der Waals surface area contributed by atoms with Crippen LogP contribution in [0.1, 0.15) is 37.3 Å². The summed E-state index contributed by atoms with van der Waals surface area (Å²) in [6, 6.07) is 11.6. The van der Waals surface area contributed by atoms with Crippen LogP contribution >= 0.6 is 11.8 Å². The van der Waals surface area contributed by atoms with Gasteiger partial charge in [0.1, 0.15) is 29.9 Å². The van der Waals surface area contributed by atoms with Crippen molar-refractivity contribution >= 4 is 53.2 Å². The maximum atomic E-state index is 13.5. The van der Waals surface area contributed by atoms with Gasteiger partial charge < -0.3 is 42.8 Å². The van der Waals surface area contributed by atoms with Crippen LogP contribution in [0.3, 0.4) is 0 Å². The Balaban J connectivity index is 1.68. The van der Waals surface area contributed by atoms with Crippen molar-refractivity contribution in [2.45, 2.75) is 63.2 Å². The number of guanidine groups is 1. The van der Waals surface area contributed by atoms with Crippen LogP contribution in [0.4, 0.5) is 0 Å². The molecule has 49 heavy (non-hydrogen) atoms. The van der Waals surface area contributed by atoms with Crippen LogP contribution in [-0.2, 0) is 41.6 Å². The zero-order valence-corrected chi connectivity index (χ0v) is 28.4. The lowest BCUT2D eigenvalue weighted by Crippen LogP contribution is -2.56. The average Bonchev–Trinajstić information content (AvgIpc) is 3.56. The predicted octanol–water partition coefficient (Wildman–Crippen LogP) is -0.646. The molecule has 5 amide bonds. The third kappa shape index (κ3) is 12.4. The number of hydrogen-bond donors (Lipinski definition) is 6. The highest BCUT2D eigenvalue weighted by molar-refractivity contribution is 7.98. The van der Waals surface area contributed by atoms with Crippen LogP contribution < -0.4 is 37.9 Å². The monoisotopic (exact) mass is 696 g/mol. The van der Waals surface area contributed by atoms with E-state index >= 15 is 0 Å². The molecule has 0 bridgehead atoms. The van der Waals surface area contributed by atoms with Crippen molar-refractivity contribution in [2.24, 2.45) is 22.2 Å². The van der Waals surface area contributed by atoms with E-state index in [1.165, 1.54) is 23.6 Å². The zero-order chi connectivity index (χ0) is 35.9. The van der Waals surface area contributed by atoms with E-state index in [2.05, 4.69) is 20.9 Å². The number of nitrogens with one attached hydrogen (secondary N) is 3. The molecular weight excluding hydrogens is 652 g/mol. The van der Waals surface area contributed by atoms with Gasteiger partial charge in [-0.3, -0.25) is 28.8 Å². The summed E-state index contributed by atoms with van der Waals surface area (Å²) in [6.45, 7) is 1.14. The van der Waals surface area contributed by atoms with Crippen molar-refractivity contribution in [3.8, 4) is 5.75 Å². The van der Waals surface area contributed by atoms with Gasteiger partial charge in [0, 0.05) is 26.3 Å². The number of thioether (sulfide) groups is 1. The summed E-state index contributed by atoms with van der Waals surface area (Å²) in [4.78, 5) is 81.9. The number of amides is 5. The van der Waals surface area contributed by atoms with E-state index in [0.717, 1.165) is 5.56 Å². The minimum Gasteiger partial charge on any atom is -0.427 e. The number of hydrogen-bond acceptors (Lipinski definition) is 9. The number of carbonyl (C=O) groups excluding carboxylic acids is 6. The largest absolute Gasteiger partial charge is 0.427 e. The number of esters is 1. The second-order valence-electron chi connectivity index (χ2n) is 11.5. The molecular formula is C33H44N8O7S.